The maximum Gasteiger partial charge on any atom is 0.334 e. The van der Waals surface area contributed by atoms with Crippen molar-refractivity contribution in [2.24, 2.45) is 0 Å². The Balaban J connectivity index is 2.09. The highest BCUT2D eigenvalue weighted by Gasteiger charge is 2.41. The van der Waals surface area contributed by atoms with Crippen molar-refractivity contribution < 1.29 is 33.2 Å². The van der Waals surface area contributed by atoms with Gasteiger partial charge in [-0.05, 0) is 62.1 Å². The third-order valence-electron chi connectivity index (χ3n) is 6.09. The highest BCUT2D eigenvalue weighted by molar-refractivity contribution is 5.82. The molecule has 0 aliphatic heterocycles. The zero-order valence-corrected chi connectivity index (χ0v) is 21.2. The second-order valence-electron chi connectivity index (χ2n) is 8.28. The third kappa shape index (κ3) is 5.30. The topological polar surface area (TPSA) is 129 Å². The summed E-state index contributed by atoms with van der Waals surface area (Å²) in [5.74, 6) is -1.05. The minimum absolute atomic E-state index is 0.123. The number of carboxylic acids is 1. The lowest BCUT2D eigenvalue weighted by Gasteiger charge is -2.29. The molecule has 1 unspecified atom stereocenters. The zero-order chi connectivity index (χ0) is 27.3. The number of nitrogens with one attached hydrogen (secondary N) is 1. The third-order valence-corrected chi connectivity index (χ3v) is 6.09. The minimum Gasteiger partial charge on any atom is -0.493 e. The van der Waals surface area contributed by atoms with Crippen LogP contribution in [0.2, 0.25) is 0 Å². The fraction of sp³-hybridized carbons (Fsp3) is 0.346. The quantitative estimate of drug-likeness (QED) is 0.398. The van der Waals surface area contributed by atoms with Crippen molar-refractivity contribution in [2.45, 2.75) is 32.2 Å². The molecule has 0 saturated carbocycles. The molecule has 3 rings (SSSR count). The maximum atomic E-state index is 14.1. The first-order valence-electron chi connectivity index (χ1n) is 11.4. The van der Waals surface area contributed by atoms with Gasteiger partial charge in [0.05, 0.1) is 34.1 Å². The maximum absolute atomic E-state index is 14.1. The summed E-state index contributed by atoms with van der Waals surface area (Å²) in [6.45, 7) is 3.20. The Hall–Kier alpha value is -4.28. The van der Waals surface area contributed by atoms with Gasteiger partial charge in [0, 0.05) is 5.56 Å². The highest BCUT2D eigenvalue weighted by Crippen LogP contribution is 2.39. The van der Waals surface area contributed by atoms with Gasteiger partial charge in [-0.3, -0.25) is 14.3 Å². The van der Waals surface area contributed by atoms with Gasteiger partial charge in [-0.25, -0.2) is 9.59 Å². The van der Waals surface area contributed by atoms with Crippen molar-refractivity contribution in [3.05, 3.63) is 79.9 Å². The van der Waals surface area contributed by atoms with Gasteiger partial charge >= 0.3 is 11.7 Å². The number of rotatable bonds is 11. The molecule has 0 saturated heterocycles. The summed E-state index contributed by atoms with van der Waals surface area (Å²) in [5.41, 5.74) is -2.66. The number of aryl methyl sites for hydroxylation is 2. The first-order chi connectivity index (χ1) is 17.6. The van der Waals surface area contributed by atoms with E-state index < -0.39 is 28.6 Å². The van der Waals surface area contributed by atoms with E-state index in [4.69, 9.17) is 18.9 Å². The van der Waals surface area contributed by atoms with Gasteiger partial charge in [0.1, 0.15) is 5.75 Å². The largest absolute Gasteiger partial charge is 0.493 e. The summed E-state index contributed by atoms with van der Waals surface area (Å²) < 4.78 is 36.6. The summed E-state index contributed by atoms with van der Waals surface area (Å²) >= 11 is 0. The molecule has 1 aromatic heterocycles. The second kappa shape index (κ2) is 11.2. The van der Waals surface area contributed by atoms with Gasteiger partial charge in [0.25, 0.3) is 5.56 Å². The van der Waals surface area contributed by atoms with Crippen LogP contribution in [0.5, 0.6) is 23.0 Å². The van der Waals surface area contributed by atoms with Crippen LogP contribution in [-0.2, 0) is 23.2 Å². The monoisotopic (exact) mass is 516 g/mol. The van der Waals surface area contributed by atoms with Gasteiger partial charge in [-0.1, -0.05) is 6.07 Å². The number of hydrogen-bond donors (Lipinski definition) is 2. The summed E-state index contributed by atoms with van der Waals surface area (Å²) in [5, 5.41) is 10.2. The number of aromatic amines is 1. The van der Waals surface area contributed by atoms with E-state index in [2.05, 4.69) is 0 Å². The second-order valence-corrected chi connectivity index (χ2v) is 8.28. The first kappa shape index (κ1) is 27.3. The van der Waals surface area contributed by atoms with Crippen LogP contribution in [0.1, 0.15) is 30.5 Å². The molecule has 0 radical (unpaired) electrons. The van der Waals surface area contributed by atoms with Crippen molar-refractivity contribution in [1.29, 1.82) is 0 Å². The Morgan fingerprint density at radius 2 is 1.62 bits per heavy atom. The van der Waals surface area contributed by atoms with E-state index in [9.17, 15) is 23.9 Å². The van der Waals surface area contributed by atoms with E-state index in [0.29, 0.717) is 40.9 Å². The Morgan fingerprint density at radius 1 is 1.00 bits per heavy atom. The Kier molecular flexibility index (Phi) is 8.26. The number of methoxy groups -OCH3 is 3. The fourth-order valence-electron chi connectivity index (χ4n) is 4.09. The molecular weight excluding hydrogens is 487 g/mol. The van der Waals surface area contributed by atoms with E-state index in [-0.39, 0.29) is 17.9 Å². The summed E-state index contributed by atoms with van der Waals surface area (Å²) in [7, 11) is 4.56. The molecule has 0 aliphatic carbocycles. The Labute approximate surface area is 212 Å². The predicted molar refractivity (Wildman–Crippen MR) is 133 cm³/mol. The first-order valence-corrected chi connectivity index (χ1v) is 11.4. The molecule has 0 spiro atoms. The van der Waals surface area contributed by atoms with Gasteiger partial charge in [-0.2, -0.15) is 4.39 Å². The van der Waals surface area contributed by atoms with Crippen LogP contribution in [-0.4, -0.2) is 48.6 Å². The number of aromatic nitrogens is 2. The molecule has 2 N–H and O–H groups in total. The van der Waals surface area contributed by atoms with Crippen LogP contribution >= 0.6 is 0 Å². The molecule has 3 aromatic rings. The van der Waals surface area contributed by atoms with Crippen LogP contribution in [0.4, 0.5) is 4.39 Å². The predicted octanol–water partition coefficient (Wildman–Crippen LogP) is 2.73. The summed E-state index contributed by atoms with van der Waals surface area (Å²) in [6, 6.07) is 8.64. The lowest BCUT2D eigenvalue weighted by Crippen LogP contribution is -2.48. The highest BCUT2D eigenvalue weighted by atomic mass is 19.1. The van der Waals surface area contributed by atoms with E-state index in [1.54, 1.807) is 25.1 Å². The number of hydrogen-bond acceptors (Lipinski definition) is 7. The zero-order valence-electron chi connectivity index (χ0n) is 21.2. The van der Waals surface area contributed by atoms with E-state index in [1.165, 1.54) is 28.3 Å². The molecule has 1 heterocycles. The molecule has 10 nitrogen and oxygen atoms in total. The minimum atomic E-state index is -2.09. The number of nitrogens with zero attached hydrogens (tertiary/aromatic N) is 1. The summed E-state index contributed by atoms with van der Waals surface area (Å²) in [6.07, 6.45) is 1.59. The van der Waals surface area contributed by atoms with Crippen LogP contribution in [0.25, 0.3) is 0 Å². The van der Waals surface area contributed by atoms with Crippen LogP contribution in [0, 0.1) is 5.82 Å². The van der Waals surface area contributed by atoms with Crippen molar-refractivity contribution in [2.75, 3.05) is 27.9 Å². The molecule has 198 valence electrons. The number of ether oxygens (including phenoxy) is 4. The lowest BCUT2D eigenvalue weighted by molar-refractivity contribution is -0.144. The molecule has 0 fully saturated rings. The number of carbonyl (C=O) groups is 1. The van der Waals surface area contributed by atoms with Crippen LogP contribution in [0.15, 0.2) is 46.1 Å². The van der Waals surface area contributed by atoms with Crippen molar-refractivity contribution >= 4 is 5.97 Å². The Morgan fingerprint density at radius 3 is 2.16 bits per heavy atom. The number of benzene rings is 2. The van der Waals surface area contributed by atoms with Gasteiger partial charge in [-0.15, -0.1) is 0 Å². The Bertz CT molecular complexity index is 1390. The molecule has 2 aromatic carbocycles. The smallest absolute Gasteiger partial charge is 0.334 e. The SMILES string of the molecule is CCOc1ccc(CCc2cc(OC)c(OC)c(OC)c2)cc1C(C)(C(=O)O)n1cc(F)c(=O)[nH]c1=O. The molecule has 0 bridgehead atoms. The lowest BCUT2D eigenvalue weighted by atomic mass is 9.88. The number of aliphatic carboxylic acids is 1. The van der Waals surface area contributed by atoms with Crippen molar-refractivity contribution in [3.63, 3.8) is 0 Å². The molecule has 0 aliphatic rings. The van der Waals surface area contributed by atoms with E-state index in [0.717, 1.165) is 11.1 Å². The van der Waals surface area contributed by atoms with E-state index >= 15 is 0 Å². The molecule has 1 atom stereocenters. The number of halogens is 1. The van der Waals surface area contributed by atoms with Gasteiger partial charge in [0.15, 0.2) is 17.0 Å². The summed E-state index contributed by atoms with van der Waals surface area (Å²) in [4.78, 5) is 38.5. The normalized spacial score (nSPS) is 12.5. The molecular formula is C26H29FN2O8. The molecule has 37 heavy (non-hydrogen) atoms. The van der Waals surface area contributed by atoms with Gasteiger partial charge < -0.3 is 24.1 Å². The molecule has 11 heteroatoms. The van der Waals surface area contributed by atoms with Crippen LogP contribution in [0.3, 0.4) is 0 Å². The van der Waals surface area contributed by atoms with Gasteiger partial charge in [0.2, 0.25) is 11.6 Å². The number of carboxylic acid groups (broad SMARTS) is 1. The standard InChI is InChI=1S/C26H29FN2O8/c1-6-37-19-10-9-15(7-8-16-12-20(34-3)22(36-5)21(13-16)35-4)11-17(19)26(2,24(31)32)29-14-18(27)23(30)28-25(29)33/h9-14H,6-8H2,1-5H3,(H,31,32)(H,28,30,33). The fourth-order valence-corrected chi connectivity index (χ4v) is 4.09. The van der Waals surface area contributed by atoms with Crippen molar-refractivity contribution in [1.82, 2.24) is 9.55 Å². The van der Waals surface area contributed by atoms with Crippen LogP contribution < -0.4 is 30.2 Å². The average molecular weight is 517 g/mol. The number of H-pyrrole nitrogens is 1. The average Bonchev–Trinajstić information content (AvgIpc) is 2.88. The van der Waals surface area contributed by atoms with E-state index in [1.807, 2.05) is 17.1 Å². The molecule has 0 amide bonds. The van der Waals surface area contributed by atoms with Crippen molar-refractivity contribution in [3.8, 4) is 23.0 Å².